The fourth-order valence-corrected chi connectivity index (χ4v) is 4.92. The van der Waals surface area contributed by atoms with Crippen molar-refractivity contribution < 1.29 is 83.8 Å². The Morgan fingerprint density at radius 3 is 1.44 bits per heavy atom. The third-order valence-corrected chi connectivity index (χ3v) is 7.53. The van der Waals surface area contributed by atoms with E-state index >= 15 is 0 Å². The fraction of sp³-hybridized carbons (Fsp3) is 0.375. The molecule has 59 heavy (non-hydrogen) atoms. The lowest BCUT2D eigenvalue weighted by molar-refractivity contribution is -0.144. The number of ether oxygens (including phenoxy) is 1. The lowest BCUT2D eigenvalue weighted by atomic mass is 10.1. The maximum Gasteiger partial charge on any atom is 0.433 e. The number of alkyl halides is 18. The number of methoxy groups -OCH3 is 1. The van der Waals surface area contributed by atoms with Gasteiger partial charge in [0.25, 0.3) is 11.1 Å². The average molecular weight is 883 g/mol. The van der Waals surface area contributed by atoms with E-state index in [4.69, 9.17) is 4.74 Å². The van der Waals surface area contributed by atoms with E-state index in [0.717, 1.165) is 7.11 Å². The van der Waals surface area contributed by atoms with Gasteiger partial charge in [0, 0.05) is 32.3 Å². The Bertz CT molecular complexity index is 2230. The lowest BCUT2D eigenvalue weighted by Crippen LogP contribution is -2.33. The van der Waals surface area contributed by atoms with E-state index < -0.39 is 112 Å². The van der Waals surface area contributed by atoms with Crippen molar-refractivity contribution >= 4 is 23.3 Å². The second kappa shape index (κ2) is 17.0. The first-order valence-electron chi connectivity index (χ1n) is 15.7. The van der Waals surface area contributed by atoms with Crippen molar-refractivity contribution in [3.63, 3.8) is 0 Å². The summed E-state index contributed by atoms with van der Waals surface area (Å²) in [5.41, 5.74) is -14.5. The molecule has 326 valence electrons. The Hall–Kier alpha value is -5.50. The van der Waals surface area contributed by atoms with Crippen molar-refractivity contribution in [1.82, 2.24) is 19.1 Å². The number of rotatable bonds is 8. The standard InChI is InChI=1S/C17H14F9N3O2.C15H10F9N3O/c1-3-28-13(30)7-12(17(24,25)26)27-14(28)29(8-31-2)11-5-4-9(15(18,19)20)6-10(11)16(21,22)23;1-2-27-11(28)6-10(15(22,23)24)26-12(27)25-9-4-3-7(13(16,17)18)5-8(9)14(19,20)21/h4-7H,3,8H2,1-2H3;3-6H,2H2,1H3,(H,25,26). The van der Waals surface area contributed by atoms with Crippen LogP contribution in [0.4, 0.5) is 102 Å². The molecule has 0 bridgehead atoms. The van der Waals surface area contributed by atoms with Crippen LogP contribution in [0, 0.1) is 0 Å². The highest BCUT2D eigenvalue weighted by atomic mass is 19.4. The molecule has 27 heteroatoms. The normalized spacial score (nSPS) is 12.9. The van der Waals surface area contributed by atoms with Crippen LogP contribution in [0.1, 0.15) is 47.5 Å². The molecular weight excluding hydrogens is 858 g/mol. The Kier molecular flexibility index (Phi) is 13.8. The van der Waals surface area contributed by atoms with Crippen LogP contribution in [0.15, 0.2) is 58.1 Å². The van der Waals surface area contributed by atoms with Gasteiger partial charge in [0.2, 0.25) is 11.9 Å². The van der Waals surface area contributed by atoms with Gasteiger partial charge in [-0.25, -0.2) is 9.97 Å². The van der Waals surface area contributed by atoms with Gasteiger partial charge < -0.3 is 10.1 Å². The van der Waals surface area contributed by atoms with Crippen LogP contribution in [-0.2, 0) is 54.9 Å². The van der Waals surface area contributed by atoms with Gasteiger partial charge in [-0.3, -0.25) is 23.6 Å². The number of hydrogen-bond acceptors (Lipinski definition) is 7. The molecule has 4 aromatic rings. The quantitative estimate of drug-likeness (QED) is 0.139. The van der Waals surface area contributed by atoms with Gasteiger partial charge in [-0.2, -0.15) is 79.0 Å². The van der Waals surface area contributed by atoms with Crippen LogP contribution in [0.2, 0.25) is 0 Å². The van der Waals surface area contributed by atoms with Crippen LogP contribution in [0.3, 0.4) is 0 Å². The fourth-order valence-electron chi connectivity index (χ4n) is 4.92. The first-order chi connectivity index (χ1) is 26.7. The van der Waals surface area contributed by atoms with Crippen LogP contribution >= 0.6 is 0 Å². The van der Waals surface area contributed by atoms with E-state index in [9.17, 15) is 88.6 Å². The number of halogens is 18. The summed E-state index contributed by atoms with van der Waals surface area (Å²) in [4.78, 5) is 30.7. The van der Waals surface area contributed by atoms with Gasteiger partial charge in [0.1, 0.15) is 6.73 Å². The van der Waals surface area contributed by atoms with E-state index in [1.54, 1.807) is 0 Å². The topological polar surface area (TPSA) is 94.3 Å². The molecule has 0 radical (unpaired) electrons. The zero-order chi connectivity index (χ0) is 45.3. The first-order valence-corrected chi connectivity index (χ1v) is 15.7. The van der Waals surface area contributed by atoms with E-state index in [-0.39, 0.29) is 37.4 Å². The molecule has 0 unspecified atom stereocenters. The summed E-state index contributed by atoms with van der Waals surface area (Å²) in [6.07, 6.45) is -30.9. The lowest BCUT2D eigenvalue weighted by Gasteiger charge is -2.28. The van der Waals surface area contributed by atoms with E-state index in [0.29, 0.717) is 38.3 Å². The van der Waals surface area contributed by atoms with Crippen LogP contribution in [-0.4, -0.2) is 32.9 Å². The Labute approximate surface area is 317 Å². The summed E-state index contributed by atoms with van der Waals surface area (Å²) < 4.78 is 241. The molecule has 0 amide bonds. The summed E-state index contributed by atoms with van der Waals surface area (Å²) in [6.45, 7) is 1.25. The summed E-state index contributed by atoms with van der Waals surface area (Å²) >= 11 is 0. The molecule has 9 nitrogen and oxygen atoms in total. The minimum absolute atomic E-state index is 0.159. The third-order valence-electron chi connectivity index (χ3n) is 7.53. The molecule has 0 fully saturated rings. The number of nitrogens with zero attached hydrogens (tertiary/aromatic N) is 5. The van der Waals surface area contributed by atoms with Gasteiger partial charge in [-0.05, 0) is 50.2 Å². The second-order valence-electron chi connectivity index (χ2n) is 11.5. The van der Waals surface area contributed by atoms with Crippen LogP contribution < -0.4 is 21.3 Å². The maximum atomic E-state index is 13.6. The molecule has 1 N–H and O–H groups in total. The monoisotopic (exact) mass is 882 g/mol. The van der Waals surface area contributed by atoms with Crippen molar-refractivity contribution in [2.45, 2.75) is 64.0 Å². The van der Waals surface area contributed by atoms with Crippen molar-refractivity contribution in [3.05, 3.63) is 103 Å². The van der Waals surface area contributed by atoms with E-state index in [2.05, 4.69) is 9.97 Å². The summed E-state index contributed by atoms with van der Waals surface area (Å²) in [6, 6.07) is 1.43. The number of anilines is 4. The molecular formula is C32H24F18N6O3. The summed E-state index contributed by atoms with van der Waals surface area (Å²) in [5.74, 6) is -1.78. The molecule has 2 heterocycles. The zero-order valence-electron chi connectivity index (χ0n) is 29.5. The Morgan fingerprint density at radius 1 is 0.576 bits per heavy atom. The molecule has 0 spiro atoms. The third kappa shape index (κ3) is 11.6. The Morgan fingerprint density at radius 2 is 1.02 bits per heavy atom. The SMILES string of the molecule is CCn1c(N(COC)c2ccc(C(F)(F)F)cc2C(F)(F)F)nc(C(F)(F)F)cc1=O.CCn1c(Nc2ccc(C(F)(F)F)cc2C(F)(F)F)nc(C(F)(F)F)cc1=O. The minimum Gasteiger partial charge on any atom is -0.364 e. The highest BCUT2D eigenvalue weighted by molar-refractivity contribution is 5.64. The Balaban J connectivity index is 0.000000317. The van der Waals surface area contributed by atoms with Gasteiger partial charge in [0.05, 0.1) is 33.6 Å². The predicted octanol–water partition coefficient (Wildman–Crippen LogP) is 10.1. The smallest absolute Gasteiger partial charge is 0.364 e. The number of nitrogens with one attached hydrogen (secondary N) is 1. The molecule has 2 aromatic heterocycles. The second-order valence-corrected chi connectivity index (χ2v) is 11.5. The highest BCUT2D eigenvalue weighted by Crippen LogP contribution is 2.43. The van der Waals surface area contributed by atoms with Crippen molar-refractivity contribution in [1.29, 1.82) is 0 Å². The van der Waals surface area contributed by atoms with Gasteiger partial charge >= 0.3 is 37.1 Å². The van der Waals surface area contributed by atoms with E-state index in [1.165, 1.54) is 13.8 Å². The van der Waals surface area contributed by atoms with E-state index in [1.807, 2.05) is 5.32 Å². The van der Waals surface area contributed by atoms with Crippen LogP contribution in [0.25, 0.3) is 0 Å². The van der Waals surface area contributed by atoms with Crippen LogP contribution in [0.5, 0.6) is 0 Å². The number of benzene rings is 2. The highest BCUT2D eigenvalue weighted by Gasteiger charge is 2.42. The first kappa shape index (κ1) is 47.9. The number of hydrogen-bond donors (Lipinski definition) is 1. The molecule has 0 aliphatic rings. The molecule has 0 aliphatic heterocycles. The molecule has 0 saturated heterocycles. The molecule has 2 aromatic carbocycles. The summed E-state index contributed by atoms with van der Waals surface area (Å²) in [5, 5.41) is 1.90. The molecule has 0 aliphatic carbocycles. The average Bonchev–Trinajstić information content (AvgIpc) is 3.08. The van der Waals surface area contributed by atoms with Crippen molar-refractivity contribution in [3.8, 4) is 0 Å². The maximum absolute atomic E-state index is 13.6. The largest absolute Gasteiger partial charge is 0.433 e. The van der Waals surface area contributed by atoms with Gasteiger partial charge in [0.15, 0.2) is 11.4 Å². The van der Waals surface area contributed by atoms with Crippen molar-refractivity contribution in [2.24, 2.45) is 0 Å². The van der Waals surface area contributed by atoms with Crippen molar-refractivity contribution in [2.75, 3.05) is 24.1 Å². The molecule has 0 atom stereocenters. The molecule has 0 saturated carbocycles. The summed E-state index contributed by atoms with van der Waals surface area (Å²) in [7, 11) is 0.992. The zero-order valence-corrected chi connectivity index (χ0v) is 29.5. The predicted molar refractivity (Wildman–Crippen MR) is 169 cm³/mol. The van der Waals surface area contributed by atoms with Gasteiger partial charge in [-0.1, -0.05) is 0 Å². The van der Waals surface area contributed by atoms with Gasteiger partial charge in [-0.15, -0.1) is 0 Å². The number of aromatic nitrogens is 4. The molecule has 4 rings (SSSR count). The minimum atomic E-state index is -5.32.